The van der Waals surface area contributed by atoms with Gasteiger partial charge in [0.25, 0.3) is 0 Å². The van der Waals surface area contributed by atoms with Crippen molar-refractivity contribution in [2.24, 2.45) is 51.8 Å². The van der Waals surface area contributed by atoms with Crippen LogP contribution in [-0.2, 0) is 50.7 Å². The van der Waals surface area contributed by atoms with E-state index in [2.05, 4.69) is 55.2 Å². The summed E-state index contributed by atoms with van der Waals surface area (Å²) in [6.07, 6.45) is 0.951. The number of hydrogen-bond donors (Lipinski definition) is 12. The van der Waals surface area contributed by atoms with Crippen LogP contribution in [0.15, 0.2) is 24.3 Å². The third kappa shape index (κ3) is 14.6. The van der Waals surface area contributed by atoms with Gasteiger partial charge in [-0.15, -0.1) is 0 Å². The van der Waals surface area contributed by atoms with E-state index in [0.717, 1.165) is 67.5 Å². The van der Waals surface area contributed by atoms with Crippen molar-refractivity contribution in [3.05, 3.63) is 24.3 Å². The highest BCUT2D eigenvalue weighted by molar-refractivity contribution is 8.14. The maximum absolute atomic E-state index is 13.0. The fourth-order valence-electron chi connectivity index (χ4n) is 13.4. The van der Waals surface area contributed by atoms with E-state index < -0.39 is 96.8 Å². The molecule has 11 unspecified atom stereocenters. The number of anilines is 1. The Morgan fingerprint density at radius 2 is 1.68 bits per heavy atom. The van der Waals surface area contributed by atoms with Crippen LogP contribution in [0.3, 0.4) is 0 Å². The molecular formula is C48H78N7O20P3S. The summed E-state index contributed by atoms with van der Waals surface area (Å²) in [5, 5.41) is 60.6. The lowest BCUT2D eigenvalue weighted by molar-refractivity contribution is -0.207. The molecule has 3 heterocycles. The molecule has 2 amide bonds. The number of allylic oxidation sites excluding steroid dienone is 1. The summed E-state index contributed by atoms with van der Waals surface area (Å²) in [5.74, 6) is 0.199. The first-order chi connectivity index (χ1) is 36.8. The highest BCUT2D eigenvalue weighted by atomic mass is 32.2. The number of nitrogens with one attached hydrogen (secondary N) is 2. The Labute approximate surface area is 462 Å². The number of nitrogen functional groups attached to an aromatic ring is 1. The maximum atomic E-state index is 13.0. The molecule has 7 rings (SSSR count). The van der Waals surface area contributed by atoms with Crippen LogP contribution in [0.1, 0.15) is 112 Å². The Hall–Kier alpha value is -2.82. The minimum Gasteiger partial charge on any atom is -0.393 e. The van der Waals surface area contributed by atoms with Crippen LogP contribution < -0.4 is 16.4 Å². The molecule has 2 aromatic heterocycles. The second-order valence-corrected chi connectivity index (χ2v) is 28.5. The molecule has 0 spiro atoms. The van der Waals surface area contributed by atoms with E-state index in [0.29, 0.717) is 24.8 Å². The van der Waals surface area contributed by atoms with Gasteiger partial charge in [-0.1, -0.05) is 52.5 Å². The van der Waals surface area contributed by atoms with Gasteiger partial charge in [-0.25, -0.2) is 28.6 Å². The Morgan fingerprint density at radius 3 is 2.39 bits per heavy atom. The molecule has 5 aliphatic rings. The summed E-state index contributed by atoms with van der Waals surface area (Å²) in [6, 6.07) is 0. The minimum atomic E-state index is -5.61. The largest absolute Gasteiger partial charge is 0.481 e. The number of carbonyl (C=O) groups excluding carboxylic acids is 3. The summed E-state index contributed by atoms with van der Waals surface area (Å²) in [7, 11) is -16.5. The molecule has 4 aliphatic carbocycles. The summed E-state index contributed by atoms with van der Waals surface area (Å²) in [5.41, 5.74) is 4.54. The Kier molecular flexibility index (Phi) is 20.3. The van der Waals surface area contributed by atoms with Crippen molar-refractivity contribution >= 4 is 69.1 Å². The van der Waals surface area contributed by atoms with Crippen LogP contribution >= 0.6 is 35.2 Å². The van der Waals surface area contributed by atoms with Gasteiger partial charge in [0, 0.05) is 30.7 Å². The number of carbonyl (C=O) groups is 3. The first-order valence-electron chi connectivity index (χ1n) is 26.6. The van der Waals surface area contributed by atoms with Crippen molar-refractivity contribution in [2.45, 2.75) is 155 Å². The van der Waals surface area contributed by atoms with E-state index in [1.807, 2.05) is 6.08 Å². The summed E-state index contributed by atoms with van der Waals surface area (Å²) < 4.78 is 62.8. The zero-order chi connectivity index (χ0) is 58.2. The number of rotatable bonds is 24. The summed E-state index contributed by atoms with van der Waals surface area (Å²) in [4.78, 5) is 89.8. The Morgan fingerprint density at radius 1 is 0.975 bits per heavy atom. The number of phosphoric ester groups is 3. The third-order valence-electron chi connectivity index (χ3n) is 17.7. The normalized spacial score (nSPS) is 34.4. The van der Waals surface area contributed by atoms with E-state index in [1.165, 1.54) is 13.8 Å². The van der Waals surface area contributed by atoms with Crippen LogP contribution in [0.2, 0.25) is 0 Å². The van der Waals surface area contributed by atoms with Gasteiger partial charge >= 0.3 is 23.5 Å². The number of amides is 2. The molecule has 4 saturated carbocycles. The van der Waals surface area contributed by atoms with Crippen molar-refractivity contribution in [1.82, 2.24) is 30.2 Å². The number of imidazole rings is 1. The van der Waals surface area contributed by atoms with Crippen molar-refractivity contribution < 1.29 is 95.8 Å². The quantitative estimate of drug-likeness (QED) is 0.0408. The van der Waals surface area contributed by atoms with Crippen LogP contribution in [0.5, 0.6) is 0 Å². The number of nitrogens with zero attached hydrogens (tertiary/aromatic N) is 4. The molecule has 1 saturated heterocycles. The average Bonchev–Trinajstić information content (AvgIpc) is 3.87. The number of ether oxygens (including phenoxy) is 1. The lowest BCUT2D eigenvalue weighted by Crippen LogP contribution is -2.62. The SMILES string of the molecule is C/C(=C\CCC(C)C1CCC2C3C(O)C[C@@H]4C[C@H](O)CCC4(C)C3C[C@H](O)C12C)C(=O)SCCNC(=O)CCNC(=O)C(O)C(C)(C)COP(=O)(O)OP(=O)(O)OC[C@H]1O[C@@H](n2cnc3c(N)ncnc32)[C@H](O)[C@@H]1OP(=O)(O)O. The van der Waals surface area contributed by atoms with Crippen LogP contribution in [-0.4, -0.2) is 156 Å². The first-order valence-corrected chi connectivity index (χ1v) is 32.1. The van der Waals surface area contributed by atoms with Gasteiger partial charge in [0.05, 0.1) is 37.9 Å². The number of aliphatic hydroxyl groups is 5. The number of nitrogens with two attached hydrogens (primary N) is 1. The second-order valence-electron chi connectivity index (χ2n) is 23.2. The van der Waals surface area contributed by atoms with Crippen molar-refractivity contribution in [1.29, 1.82) is 0 Å². The molecule has 0 bridgehead atoms. The molecule has 13 N–H and O–H groups in total. The van der Waals surface area contributed by atoms with E-state index in [4.69, 9.17) is 19.5 Å². The summed E-state index contributed by atoms with van der Waals surface area (Å²) in [6.45, 7) is 8.93. The van der Waals surface area contributed by atoms with E-state index in [1.54, 1.807) is 6.92 Å². The van der Waals surface area contributed by atoms with Crippen LogP contribution in [0.25, 0.3) is 11.2 Å². The molecule has 0 radical (unpaired) electrons. The maximum Gasteiger partial charge on any atom is 0.481 e. The molecule has 446 valence electrons. The number of hydrogen-bond acceptors (Lipinski definition) is 21. The topological polar surface area (TPSA) is 424 Å². The predicted octanol–water partition coefficient (Wildman–Crippen LogP) is 2.99. The smallest absolute Gasteiger partial charge is 0.393 e. The Balaban J connectivity index is 0.781. The van der Waals surface area contributed by atoms with Gasteiger partial charge in [-0.3, -0.25) is 32.5 Å². The number of fused-ring (bicyclic) bond motifs is 6. The van der Waals surface area contributed by atoms with E-state index >= 15 is 0 Å². The van der Waals surface area contributed by atoms with Gasteiger partial charge < -0.3 is 66.2 Å². The third-order valence-corrected chi connectivity index (χ3v) is 21.7. The lowest BCUT2D eigenvalue weighted by Gasteiger charge is -2.63. The Bertz CT molecular complexity index is 2700. The van der Waals surface area contributed by atoms with Crippen molar-refractivity contribution in [3.8, 4) is 0 Å². The van der Waals surface area contributed by atoms with Crippen molar-refractivity contribution in [3.63, 3.8) is 0 Å². The van der Waals surface area contributed by atoms with Gasteiger partial charge in [-0.2, -0.15) is 4.31 Å². The van der Waals surface area contributed by atoms with Crippen LogP contribution in [0.4, 0.5) is 5.82 Å². The predicted molar refractivity (Wildman–Crippen MR) is 283 cm³/mol. The summed E-state index contributed by atoms with van der Waals surface area (Å²) >= 11 is 1.06. The first kappa shape index (κ1) is 63.8. The monoisotopic (exact) mass is 1200 g/mol. The standard InChI is InChI=1S/C48H78N7O20P3S/c1-25(29-10-11-30-36-31(20-34(58)48(29,30)6)47(5)14-12-28(56)18-27(47)19-32(36)57)8-7-9-26(2)45(63)79-17-16-50-35(59)13-15-51-43(62)40(61)46(3,4)22-72-78(69,70)75-77(67,68)71-21-33-39(74-76(64,65)66)38(60)44(73-33)55-24-54-37-41(49)52-23-53-42(37)55/h9,23-25,27-34,36,38-40,44,56-58,60-61H,7-8,10-22H2,1-6H3,(H,50,59)(H,51,62)(H,67,68)(H,69,70)(H2,49,52,53)(H2,64,65,66)/b26-9+/t25?,27-,28+,29?,30?,31?,32?,33+,34-,36?,38+,39+,40?,44+,47?,48?/m0/s1. The van der Waals surface area contributed by atoms with Crippen molar-refractivity contribution in [2.75, 3.05) is 37.8 Å². The fourth-order valence-corrected chi connectivity index (χ4v) is 16.9. The van der Waals surface area contributed by atoms with Gasteiger partial charge in [0.15, 0.2) is 17.7 Å². The fraction of sp³-hybridized carbons (Fsp3) is 0.792. The minimum absolute atomic E-state index is 0.00939. The molecule has 0 aromatic carbocycles. The zero-order valence-corrected chi connectivity index (χ0v) is 48.6. The van der Waals surface area contributed by atoms with E-state index in [-0.39, 0.29) is 99.8 Å². The zero-order valence-electron chi connectivity index (χ0n) is 45.1. The van der Waals surface area contributed by atoms with Gasteiger partial charge in [0.1, 0.15) is 36.3 Å². The molecule has 2 aromatic rings. The highest BCUT2D eigenvalue weighted by Gasteiger charge is 2.66. The van der Waals surface area contributed by atoms with Crippen LogP contribution in [0, 0.1) is 51.8 Å². The highest BCUT2D eigenvalue weighted by Crippen LogP contribution is 2.68. The van der Waals surface area contributed by atoms with Gasteiger partial charge in [0.2, 0.25) is 16.9 Å². The molecule has 1 aliphatic heterocycles. The molecule has 5 fully saturated rings. The molecule has 27 nitrogen and oxygen atoms in total. The average molecular weight is 1200 g/mol. The van der Waals surface area contributed by atoms with E-state index in [9.17, 15) is 73.2 Å². The van der Waals surface area contributed by atoms with Gasteiger partial charge in [-0.05, 0) is 117 Å². The number of aliphatic hydroxyl groups excluding tert-OH is 5. The lowest BCUT2D eigenvalue weighted by atomic mass is 9.43. The number of aromatic nitrogens is 4. The molecule has 31 heteroatoms. The molecular weight excluding hydrogens is 1120 g/mol. The number of thioether (sulfide) groups is 1. The molecule has 79 heavy (non-hydrogen) atoms. The second kappa shape index (κ2) is 25.2. The molecule has 18 atom stereocenters. The number of phosphoric acid groups is 3.